The summed E-state index contributed by atoms with van der Waals surface area (Å²) in [4.78, 5) is 0. The van der Waals surface area contributed by atoms with Crippen LogP contribution in [0.5, 0.6) is 0 Å². The fourth-order valence-electron chi connectivity index (χ4n) is 3.40. The first-order valence-corrected chi connectivity index (χ1v) is 9.43. The van der Waals surface area contributed by atoms with Crippen molar-refractivity contribution in [3.63, 3.8) is 0 Å². The lowest BCUT2D eigenvalue weighted by atomic mass is 9.93. The summed E-state index contributed by atoms with van der Waals surface area (Å²) < 4.78 is 0. The quantitative estimate of drug-likeness (QED) is 0.678. The molecule has 1 heterocycles. The van der Waals surface area contributed by atoms with Crippen LogP contribution < -0.4 is 21.3 Å². The number of benzene rings is 2. The van der Waals surface area contributed by atoms with Crippen LogP contribution in [0.2, 0.25) is 0 Å². The van der Waals surface area contributed by atoms with Gasteiger partial charge in [-0.15, -0.1) is 0 Å². The molecule has 2 aromatic carbocycles. The Morgan fingerprint density at radius 1 is 0.520 bits per heavy atom. The Kier molecular flexibility index (Phi) is 7.46. The van der Waals surface area contributed by atoms with E-state index in [1.807, 2.05) is 0 Å². The van der Waals surface area contributed by atoms with Crippen molar-refractivity contribution in [3.05, 3.63) is 71.8 Å². The summed E-state index contributed by atoms with van der Waals surface area (Å²) in [5.74, 6) is 0. The lowest BCUT2D eigenvalue weighted by Crippen LogP contribution is -2.39. The van der Waals surface area contributed by atoms with Gasteiger partial charge in [-0.25, -0.2) is 0 Å². The molecule has 4 heteroatoms. The van der Waals surface area contributed by atoms with E-state index in [1.54, 1.807) is 0 Å². The summed E-state index contributed by atoms with van der Waals surface area (Å²) in [7, 11) is 0. The second kappa shape index (κ2) is 10.3. The molecule has 0 aromatic heterocycles. The second-order valence-corrected chi connectivity index (χ2v) is 6.54. The zero-order valence-electron chi connectivity index (χ0n) is 14.9. The average Bonchev–Trinajstić information content (AvgIpc) is 2.70. The summed E-state index contributed by atoms with van der Waals surface area (Å²) in [6, 6.07) is 22.0. The molecule has 25 heavy (non-hydrogen) atoms. The van der Waals surface area contributed by atoms with Crippen molar-refractivity contribution in [2.75, 3.05) is 39.3 Å². The number of hydrogen-bond donors (Lipinski definition) is 4. The normalized spacial score (nSPS) is 23.8. The van der Waals surface area contributed by atoms with Gasteiger partial charge in [0.05, 0.1) is 12.1 Å². The van der Waals surface area contributed by atoms with E-state index in [4.69, 9.17) is 0 Å². The van der Waals surface area contributed by atoms with E-state index in [9.17, 15) is 0 Å². The lowest BCUT2D eigenvalue weighted by Gasteiger charge is -2.30. The molecular weight excluding hydrogens is 308 g/mol. The van der Waals surface area contributed by atoms with Gasteiger partial charge in [-0.05, 0) is 30.6 Å². The zero-order valence-corrected chi connectivity index (χ0v) is 14.9. The number of rotatable bonds is 2. The minimum absolute atomic E-state index is 0.242. The molecule has 4 nitrogen and oxygen atoms in total. The fraction of sp³-hybridized carbons (Fsp3) is 0.429. The molecule has 0 saturated carbocycles. The first-order valence-electron chi connectivity index (χ1n) is 9.43. The van der Waals surface area contributed by atoms with Gasteiger partial charge in [-0.2, -0.15) is 0 Å². The molecule has 0 unspecified atom stereocenters. The zero-order chi connectivity index (χ0) is 17.2. The molecule has 0 amide bonds. The maximum atomic E-state index is 3.78. The Labute approximate surface area is 151 Å². The molecule has 4 N–H and O–H groups in total. The number of hydrogen-bond acceptors (Lipinski definition) is 4. The molecule has 0 bridgehead atoms. The van der Waals surface area contributed by atoms with Crippen molar-refractivity contribution in [1.82, 2.24) is 21.3 Å². The van der Waals surface area contributed by atoms with Crippen LogP contribution in [-0.2, 0) is 0 Å². The second-order valence-electron chi connectivity index (χ2n) is 6.54. The molecule has 2 atom stereocenters. The van der Waals surface area contributed by atoms with Crippen molar-refractivity contribution in [2.45, 2.75) is 18.5 Å². The van der Waals surface area contributed by atoms with E-state index in [0.29, 0.717) is 0 Å². The molecule has 134 valence electrons. The minimum atomic E-state index is 0.242. The van der Waals surface area contributed by atoms with Gasteiger partial charge in [0.15, 0.2) is 0 Å². The summed E-state index contributed by atoms with van der Waals surface area (Å²) >= 11 is 0. The highest BCUT2D eigenvalue weighted by atomic mass is 15.1. The van der Waals surface area contributed by atoms with Crippen LogP contribution in [0.1, 0.15) is 29.6 Å². The Morgan fingerprint density at radius 2 is 0.960 bits per heavy atom. The van der Waals surface area contributed by atoms with Crippen molar-refractivity contribution < 1.29 is 0 Å². The van der Waals surface area contributed by atoms with Crippen molar-refractivity contribution in [2.24, 2.45) is 0 Å². The van der Waals surface area contributed by atoms with E-state index in [0.717, 1.165) is 39.3 Å². The molecule has 1 aliphatic rings. The van der Waals surface area contributed by atoms with E-state index in [-0.39, 0.29) is 12.1 Å². The third kappa shape index (κ3) is 5.65. The van der Waals surface area contributed by atoms with Gasteiger partial charge in [0.2, 0.25) is 0 Å². The molecule has 1 fully saturated rings. The van der Waals surface area contributed by atoms with Gasteiger partial charge in [-0.3, -0.25) is 0 Å². The van der Waals surface area contributed by atoms with Crippen LogP contribution in [0.3, 0.4) is 0 Å². The SMILES string of the molecule is c1ccc([C@H]2NCCNCCCNCCN[C@H]2c2ccccc2)cc1. The monoisotopic (exact) mass is 338 g/mol. The van der Waals surface area contributed by atoms with E-state index >= 15 is 0 Å². The summed E-state index contributed by atoms with van der Waals surface area (Å²) in [5, 5.41) is 14.6. The maximum Gasteiger partial charge on any atom is 0.0518 e. The highest BCUT2D eigenvalue weighted by Gasteiger charge is 2.23. The third-order valence-electron chi connectivity index (χ3n) is 4.69. The van der Waals surface area contributed by atoms with E-state index in [2.05, 4.69) is 81.9 Å². The molecule has 3 rings (SSSR count). The molecule has 2 aromatic rings. The highest BCUT2D eigenvalue weighted by Crippen LogP contribution is 2.28. The van der Waals surface area contributed by atoms with Gasteiger partial charge in [-0.1, -0.05) is 60.7 Å². The van der Waals surface area contributed by atoms with Crippen LogP contribution in [0.25, 0.3) is 0 Å². The molecule has 0 spiro atoms. The third-order valence-corrected chi connectivity index (χ3v) is 4.69. The molecule has 1 saturated heterocycles. The molecule has 0 aliphatic carbocycles. The molecular formula is C21H30N4. The van der Waals surface area contributed by atoms with E-state index < -0.39 is 0 Å². The number of nitrogens with one attached hydrogen (secondary N) is 4. The van der Waals surface area contributed by atoms with Crippen LogP contribution in [0.15, 0.2) is 60.7 Å². The first-order chi connectivity index (χ1) is 12.4. The van der Waals surface area contributed by atoms with Gasteiger partial charge in [0.1, 0.15) is 0 Å². The van der Waals surface area contributed by atoms with Gasteiger partial charge in [0, 0.05) is 26.2 Å². The van der Waals surface area contributed by atoms with Gasteiger partial charge in [0.25, 0.3) is 0 Å². The standard InChI is InChI=1S/C21H30N4/c1-3-8-18(9-4-1)20-21(19-10-5-2-6-11-19)25-17-15-23-13-7-12-22-14-16-24-20/h1-6,8-11,20-25H,7,12-17H2/t20-,21+. The van der Waals surface area contributed by atoms with Crippen LogP contribution >= 0.6 is 0 Å². The van der Waals surface area contributed by atoms with Gasteiger partial charge < -0.3 is 21.3 Å². The summed E-state index contributed by atoms with van der Waals surface area (Å²) in [6.45, 7) is 6.03. The Balaban J connectivity index is 1.84. The predicted octanol–water partition coefficient (Wildman–Crippen LogP) is 2.23. The van der Waals surface area contributed by atoms with Gasteiger partial charge >= 0.3 is 0 Å². The molecule has 0 radical (unpaired) electrons. The Hall–Kier alpha value is -1.72. The largest absolute Gasteiger partial charge is 0.315 e. The average molecular weight is 338 g/mol. The van der Waals surface area contributed by atoms with E-state index in [1.165, 1.54) is 17.5 Å². The summed E-state index contributed by atoms with van der Waals surface area (Å²) in [6.07, 6.45) is 1.17. The maximum absolute atomic E-state index is 3.78. The lowest BCUT2D eigenvalue weighted by molar-refractivity contribution is 0.384. The van der Waals surface area contributed by atoms with Crippen molar-refractivity contribution in [1.29, 1.82) is 0 Å². The highest BCUT2D eigenvalue weighted by molar-refractivity contribution is 5.27. The first kappa shape index (κ1) is 18.1. The Morgan fingerprint density at radius 3 is 1.40 bits per heavy atom. The smallest absolute Gasteiger partial charge is 0.0518 e. The fourth-order valence-corrected chi connectivity index (χ4v) is 3.40. The summed E-state index contributed by atoms with van der Waals surface area (Å²) in [5.41, 5.74) is 2.65. The topological polar surface area (TPSA) is 48.1 Å². The van der Waals surface area contributed by atoms with Crippen LogP contribution in [0, 0.1) is 0 Å². The Bertz CT molecular complexity index is 534. The van der Waals surface area contributed by atoms with Crippen molar-refractivity contribution >= 4 is 0 Å². The van der Waals surface area contributed by atoms with Crippen LogP contribution in [0.4, 0.5) is 0 Å². The minimum Gasteiger partial charge on any atom is -0.315 e. The van der Waals surface area contributed by atoms with Crippen LogP contribution in [-0.4, -0.2) is 39.3 Å². The predicted molar refractivity (Wildman–Crippen MR) is 105 cm³/mol. The van der Waals surface area contributed by atoms with Crippen molar-refractivity contribution in [3.8, 4) is 0 Å². The molecule has 1 aliphatic heterocycles.